The van der Waals surface area contributed by atoms with E-state index in [0.29, 0.717) is 18.5 Å². The molecule has 3 aromatic carbocycles. The molecule has 4 amide bonds. The van der Waals surface area contributed by atoms with Gasteiger partial charge in [-0.15, -0.1) is 0 Å². The van der Waals surface area contributed by atoms with Crippen LogP contribution in [0.2, 0.25) is 0 Å². The van der Waals surface area contributed by atoms with Crippen LogP contribution in [-0.4, -0.2) is 74.6 Å². The van der Waals surface area contributed by atoms with E-state index in [9.17, 15) is 32.7 Å². The predicted molar refractivity (Wildman–Crippen MR) is 150 cm³/mol. The molecule has 0 radical (unpaired) electrons. The Hall–Kier alpha value is -4.58. The van der Waals surface area contributed by atoms with E-state index in [-0.39, 0.29) is 49.8 Å². The van der Waals surface area contributed by atoms with Gasteiger partial charge in [0.25, 0.3) is 0 Å². The lowest BCUT2D eigenvalue weighted by atomic mass is 10.00. The molecule has 3 aromatic rings. The minimum absolute atomic E-state index is 0.0405. The molecule has 12 heteroatoms. The van der Waals surface area contributed by atoms with Gasteiger partial charge in [-0.2, -0.15) is 5.01 Å². The van der Waals surface area contributed by atoms with E-state index in [1.54, 1.807) is 17.1 Å². The number of benzene rings is 3. The largest absolute Gasteiger partial charge is 0.508 e. The van der Waals surface area contributed by atoms with Crippen molar-refractivity contribution in [3.05, 3.63) is 101 Å². The van der Waals surface area contributed by atoms with Gasteiger partial charge in [-0.25, -0.2) is 18.0 Å². The molecular formula is C31H32F3N5O4. The lowest BCUT2D eigenvalue weighted by Crippen LogP contribution is -2.66. The van der Waals surface area contributed by atoms with Gasteiger partial charge >= 0.3 is 6.03 Å². The summed E-state index contributed by atoms with van der Waals surface area (Å²) >= 11 is 0. The van der Waals surface area contributed by atoms with Crippen LogP contribution >= 0.6 is 0 Å². The van der Waals surface area contributed by atoms with Gasteiger partial charge in [-0.1, -0.05) is 49.4 Å². The molecule has 226 valence electrons. The molecule has 2 aliphatic rings. The Morgan fingerprint density at radius 2 is 1.65 bits per heavy atom. The molecule has 2 atom stereocenters. The Kier molecular flexibility index (Phi) is 8.86. The monoisotopic (exact) mass is 595 g/mol. The standard InChI is InChI=1S/C31H32F3N5O4/c1-2-12-37(31(43)35-16-21-6-4-3-5-7-21)38-19-28(41)39-26(15-20-8-10-23(40)11-9-20)30(42)36(18-27(38)39)17-22-13-24(32)29(34)25(33)14-22/h3-11,13-14,26-27,40H,2,12,15-19H2,1H3,(H,35,43)/t26-,27+/m0/s1. The van der Waals surface area contributed by atoms with Gasteiger partial charge in [0.2, 0.25) is 11.8 Å². The number of phenolic OH excluding ortho intramolecular Hbond substituents is 1. The van der Waals surface area contributed by atoms with Gasteiger partial charge < -0.3 is 20.2 Å². The first kappa shape index (κ1) is 29.9. The number of urea groups is 1. The fourth-order valence-electron chi connectivity index (χ4n) is 5.59. The number of halogens is 3. The fourth-order valence-corrected chi connectivity index (χ4v) is 5.59. The van der Waals surface area contributed by atoms with Gasteiger partial charge in [0, 0.05) is 26.1 Å². The lowest BCUT2D eigenvalue weighted by Gasteiger charge is -2.46. The zero-order chi connectivity index (χ0) is 30.7. The Morgan fingerprint density at radius 1 is 0.977 bits per heavy atom. The SMILES string of the molecule is CCCN(C(=O)NCc1ccccc1)N1CC(=O)N2[C@@H](Cc3ccc(O)cc3)C(=O)N(Cc3cc(F)c(F)c(F)c3)C[C@@H]21. The molecule has 0 bridgehead atoms. The molecule has 0 unspecified atom stereocenters. The van der Waals surface area contributed by atoms with E-state index in [1.807, 2.05) is 37.3 Å². The molecule has 0 saturated carbocycles. The summed E-state index contributed by atoms with van der Waals surface area (Å²) in [6, 6.07) is 15.9. The molecule has 2 aliphatic heterocycles. The molecule has 0 aliphatic carbocycles. The fraction of sp³-hybridized carbons (Fsp3) is 0.323. The van der Waals surface area contributed by atoms with Crippen LogP contribution < -0.4 is 5.32 Å². The van der Waals surface area contributed by atoms with Gasteiger partial charge in [-0.05, 0) is 47.4 Å². The van der Waals surface area contributed by atoms with Crippen molar-refractivity contribution in [1.82, 2.24) is 25.1 Å². The van der Waals surface area contributed by atoms with Crippen molar-refractivity contribution in [3.8, 4) is 5.75 Å². The summed E-state index contributed by atoms with van der Waals surface area (Å²) in [7, 11) is 0. The van der Waals surface area contributed by atoms with Crippen LogP contribution in [0, 0.1) is 17.5 Å². The van der Waals surface area contributed by atoms with Crippen molar-refractivity contribution in [2.75, 3.05) is 19.6 Å². The van der Waals surface area contributed by atoms with Crippen molar-refractivity contribution in [2.24, 2.45) is 0 Å². The maximum Gasteiger partial charge on any atom is 0.332 e. The second-order valence-electron chi connectivity index (χ2n) is 10.6. The number of fused-ring (bicyclic) bond motifs is 1. The zero-order valence-corrected chi connectivity index (χ0v) is 23.6. The normalized spacial score (nSPS) is 18.6. The molecule has 5 rings (SSSR count). The maximum absolute atomic E-state index is 14.0. The highest BCUT2D eigenvalue weighted by Crippen LogP contribution is 2.31. The Balaban J connectivity index is 1.45. The van der Waals surface area contributed by atoms with Crippen LogP contribution in [0.5, 0.6) is 5.75 Å². The first-order valence-electron chi connectivity index (χ1n) is 14.0. The van der Waals surface area contributed by atoms with E-state index < -0.39 is 41.6 Å². The molecule has 2 heterocycles. The van der Waals surface area contributed by atoms with Crippen LogP contribution in [0.1, 0.15) is 30.0 Å². The van der Waals surface area contributed by atoms with Crippen molar-refractivity contribution in [3.63, 3.8) is 0 Å². The number of rotatable bonds is 9. The summed E-state index contributed by atoms with van der Waals surface area (Å²) in [6.07, 6.45) is -0.0631. The Morgan fingerprint density at radius 3 is 2.30 bits per heavy atom. The highest BCUT2D eigenvalue weighted by molar-refractivity contribution is 5.91. The van der Waals surface area contributed by atoms with Crippen LogP contribution in [0.15, 0.2) is 66.7 Å². The second-order valence-corrected chi connectivity index (χ2v) is 10.6. The summed E-state index contributed by atoms with van der Waals surface area (Å²) in [6.45, 7) is 2.02. The number of nitrogens with zero attached hydrogens (tertiary/aromatic N) is 4. The average Bonchev–Trinajstić information content (AvgIpc) is 3.32. The van der Waals surface area contributed by atoms with Crippen molar-refractivity contribution >= 4 is 17.8 Å². The highest BCUT2D eigenvalue weighted by Gasteiger charge is 2.52. The number of amides is 4. The Labute approximate surface area is 247 Å². The quantitative estimate of drug-likeness (QED) is 0.368. The van der Waals surface area contributed by atoms with Gasteiger partial charge in [-0.3, -0.25) is 14.6 Å². The van der Waals surface area contributed by atoms with E-state index in [0.717, 1.165) is 17.7 Å². The number of nitrogens with one attached hydrogen (secondary N) is 1. The van der Waals surface area contributed by atoms with Gasteiger partial charge in [0.05, 0.1) is 13.1 Å². The first-order chi connectivity index (χ1) is 20.7. The molecule has 2 saturated heterocycles. The third-order valence-electron chi connectivity index (χ3n) is 7.62. The Bertz CT molecular complexity index is 1470. The van der Waals surface area contributed by atoms with E-state index >= 15 is 0 Å². The van der Waals surface area contributed by atoms with Gasteiger partial charge in [0.15, 0.2) is 17.5 Å². The topological polar surface area (TPSA) is 96.4 Å². The number of carbonyl (C=O) groups is 3. The molecule has 0 spiro atoms. The zero-order valence-electron chi connectivity index (χ0n) is 23.6. The molecule has 0 aromatic heterocycles. The minimum Gasteiger partial charge on any atom is -0.508 e. The number of hydrogen-bond donors (Lipinski definition) is 2. The summed E-state index contributed by atoms with van der Waals surface area (Å²) in [5.74, 6) is -5.11. The third kappa shape index (κ3) is 6.43. The van der Waals surface area contributed by atoms with Crippen LogP contribution in [0.25, 0.3) is 0 Å². The number of hydrogen-bond acceptors (Lipinski definition) is 5. The third-order valence-corrected chi connectivity index (χ3v) is 7.62. The molecule has 43 heavy (non-hydrogen) atoms. The molecule has 9 nitrogen and oxygen atoms in total. The molecule has 2 N–H and O–H groups in total. The van der Waals surface area contributed by atoms with Crippen molar-refractivity contribution < 1.29 is 32.7 Å². The summed E-state index contributed by atoms with van der Waals surface area (Å²) in [4.78, 5) is 43.6. The van der Waals surface area contributed by atoms with E-state index in [1.165, 1.54) is 26.9 Å². The molecule has 2 fully saturated rings. The number of piperazine rings is 1. The summed E-state index contributed by atoms with van der Waals surface area (Å²) in [5.41, 5.74) is 1.62. The minimum atomic E-state index is -1.60. The average molecular weight is 596 g/mol. The second kappa shape index (κ2) is 12.7. The molecular weight excluding hydrogens is 563 g/mol. The summed E-state index contributed by atoms with van der Waals surface area (Å²) in [5, 5.41) is 15.7. The number of aromatic hydroxyl groups is 1. The van der Waals surface area contributed by atoms with Gasteiger partial charge in [0.1, 0.15) is 18.0 Å². The van der Waals surface area contributed by atoms with Crippen LogP contribution in [0.3, 0.4) is 0 Å². The first-order valence-corrected chi connectivity index (χ1v) is 14.0. The van der Waals surface area contributed by atoms with Crippen molar-refractivity contribution in [1.29, 1.82) is 0 Å². The van der Waals surface area contributed by atoms with Crippen LogP contribution in [0.4, 0.5) is 18.0 Å². The lowest BCUT2D eigenvalue weighted by molar-refractivity contribution is -0.157. The predicted octanol–water partition coefficient (Wildman–Crippen LogP) is 3.77. The number of hydrazine groups is 1. The highest BCUT2D eigenvalue weighted by atomic mass is 19.2. The smallest absolute Gasteiger partial charge is 0.332 e. The van der Waals surface area contributed by atoms with Crippen molar-refractivity contribution in [2.45, 2.75) is 45.1 Å². The summed E-state index contributed by atoms with van der Waals surface area (Å²) < 4.78 is 41.7. The maximum atomic E-state index is 14.0. The number of phenols is 1. The van der Waals surface area contributed by atoms with E-state index in [4.69, 9.17) is 0 Å². The number of carbonyl (C=O) groups excluding carboxylic acids is 3. The van der Waals surface area contributed by atoms with Crippen LogP contribution in [-0.2, 0) is 29.1 Å². The van der Waals surface area contributed by atoms with E-state index in [2.05, 4.69) is 5.32 Å².